The van der Waals surface area contributed by atoms with E-state index in [1.165, 1.54) is 0 Å². The van der Waals surface area contributed by atoms with Crippen molar-refractivity contribution >= 4 is 23.5 Å². The molecule has 0 fully saturated rings. The molecule has 4 rings (SSSR count). The Hall–Kier alpha value is -2.94. The van der Waals surface area contributed by atoms with Crippen LogP contribution in [-0.2, 0) is 9.59 Å². The van der Waals surface area contributed by atoms with Crippen molar-refractivity contribution < 1.29 is 9.59 Å². The first-order valence-corrected chi connectivity index (χ1v) is 10.6. The van der Waals surface area contributed by atoms with Crippen molar-refractivity contribution in [1.82, 2.24) is 0 Å². The maximum absolute atomic E-state index is 13.4. The summed E-state index contributed by atoms with van der Waals surface area (Å²) in [4.78, 5) is 28.4. The molecule has 0 N–H and O–H groups in total. The molecule has 1 heterocycles. The number of carbonyl (C=O) groups is 2. The van der Waals surface area contributed by atoms with Crippen LogP contribution in [0.25, 0.3) is 6.08 Å². The van der Waals surface area contributed by atoms with Crippen LogP contribution < -0.4 is 4.90 Å². The van der Waals surface area contributed by atoms with Crippen LogP contribution in [0.15, 0.2) is 65.9 Å². The van der Waals surface area contributed by atoms with Gasteiger partial charge in [0.1, 0.15) is 0 Å². The minimum atomic E-state index is -0.168. The summed E-state index contributed by atoms with van der Waals surface area (Å²) in [7, 11) is 0. The van der Waals surface area contributed by atoms with Gasteiger partial charge in [-0.3, -0.25) is 14.5 Å². The minimum Gasteiger partial charge on any atom is -0.294 e. The lowest BCUT2D eigenvalue weighted by Crippen LogP contribution is -2.44. The second-order valence-corrected chi connectivity index (χ2v) is 9.46. The van der Waals surface area contributed by atoms with Crippen molar-refractivity contribution in [3.8, 4) is 0 Å². The number of Topliss-reactive ketones (excluding diaryl/α,β-unsaturated/α-hetero) is 1. The molecule has 0 saturated heterocycles. The summed E-state index contributed by atoms with van der Waals surface area (Å²) in [6.07, 6.45) is 5.64. The summed E-state index contributed by atoms with van der Waals surface area (Å²) < 4.78 is 0. The summed E-state index contributed by atoms with van der Waals surface area (Å²) in [5.74, 6) is 0.0660. The maximum Gasteiger partial charge on any atom is 0.232 e. The molecular weight excluding hydrogens is 370 g/mol. The van der Waals surface area contributed by atoms with E-state index >= 15 is 0 Å². The first kappa shape index (κ1) is 20.3. The Bertz CT molecular complexity index is 1040. The second-order valence-electron chi connectivity index (χ2n) is 9.46. The van der Waals surface area contributed by atoms with Crippen molar-refractivity contribution in [1.29, 1.82) is 0 Å². The molecule has 0 saturated carbocycles. The Kier molecular flexibility index (Phi) is 5.23. The minimum absolute atomic E-state index is 0.0620. The molecule has 1 atom stereocenters. The Balaban J connectivity index is 1.82. The molecule has 2 aromatic rings. The number of carbonyl (C=O) groups excluding carboxylic acids is 2. The van der Waals surface area contributed by atoms with E-state index in [9.17, 15) is 9.59 Å². The van der Waals surface area contributed by atoms with Gasteiger partial charge >= 0.3 is 0 Å². The van der Waals surface area contributed by atoms with Gasteiger partial charge in [-0.25, -0.2) is 0 Å². The lowest BCUT2D eigenvalue weighted by molar-refractivity contribution is -0.121. The molecular formula is C27H29NO2. The molecule has 3 nitrogen and oxygen atoms in total. The smallest absolute Gasteiger partial charge is 0.232 e. The fourth-order valence-electron chi connectivity index (χ4n) is 4.79. The van der Waals surface area contributed by atoms with Crippen molar-refractivity contribution in [2.75, 3.05) is 4.90 Å². The fraction of sp³-hybridized carbons (Fsp3) is 0.333. The molecule has 1 unspecified atom stereocenters. The monoisotopic (exact) mass is 399 g/mol. The Labute approximate surface area is 179 Å². The van der Waals surface area contributed by atoms with Crippen LogP contribution in [0.2, 0.25) is 0 Å². The highest BCUT2D eigenvalue weighted by Gasteiger charge is 2.43. The highest BCUT2D eigenvalue weighted by atomic mass is 16.2. The van der Waals surface area contributed by atoms with Crippen LogP contribution >= 0.6 is 0 Å². The largest absolute Gasteiger partial charge is 0.294 e. The molecule has 0 bridgehead atoms. The zero-order chi connectivity index (χ0) is 21.5. The third kappa shape index (κ3) is 4.02. The second kappa shape index (κ2) is 7.71. The summed E-state index contributed by atoms with van der Waals surface area (Å²) >= 11 is 0. The predicted octanol–water partition coefficient (Wildman–Crippen LogP) is 6.01. The molecule has 0 radical (unpaired) electrons. The van der Waals surface area contributed by atoms with Gasteiger partial charge in [0.05, 0.1) is 0 Å². The number of amides is 1. The van der Waals surface area contributed by atoms with Gasteiger partial charge in [-0.05, 0) is 54.5 Å². The van der Waals surface area contributed by atoms with Crippen molar-refractivity contribution in [3.63, 3.8) is 0 Å². The van der Waals surface area contributed by atoms with E-state index in [0.717, 1.165) is 40.1 Å². The van der Waals surface area contributed by atoms with Crippen LogP contribution in [0, 0.1) is 25.2 Å². The molecule has 0 aromatic heterocycles. The highest BCUT2D eigenvalue weighted by molar-refractivity contribution is 6.07. The maximum atomic E-state index is 13.4. The first-order chi connectivity index (χ1) is 14.2. The van der Waals surface area contributed by atoms with Crippen molar-refractivity contribution in [3.05, 3.63) is 82.6 Å². The topological polar surface area (TPSA) is 37.4 Å². The summed E-state index contributed by atoms with van der Waals surface area (Å²) in [5, 5.41) is 0. The van der Waals surface area contributed by atoms with E-state index in [1.807, 2.05) is 73.4 Å². The van der Waals surface area contributed by atoms with Gasteiger partial charge in [0, 0.05) is 35.7 Å². The molecule has 3 heteroatoms. The molecule has 2 aromatic carbocycles. The van der Waals surface area contributed by atoms with E-state index in [2.05, 4.69) is 19.9 Å². The number of rotatable bonds is 3. The van der Waals surface area contributed by atoms with Gasteiger partial charge in [-0.2, -0.15) is 0 Å². The molecule has 1 aliphatic carbocycles. The van der Waals surface area contributed by atoms with Crippen LogP contribution in [0.4, 0.5) is 5.69 Å². The van der Waals surface area contributed by atoms with E-state index in [1.54, 1.807) is 0 Å². The van der Waals surface area contributed by atoms with Crippen molar-refractivity contribution in [2.45, 2.75) is 47.0 Å². The summed E-state index contributed by atoms with van der Waals surface area (Å²) in [6.45, 7) is 8.31. The molecule has 1 amide bonds. The molecule has 2 aliphatic rings. The van der Waals surface area contributed by atoms with Crippen LogP contribution in [0.3, 0.4) is 0 Å². The van der Waals surface area contributed by atoms with E-state index in [0.29, 0.717) is 12.8 Å². The third-order valence-corrected chi connectivity index (χ3v) is 5.97. The third-order valence-electron chi connectivity index (χ3n) is 5.97. The number of ketones is 1. The van der Waals surface area contributed by atoms with Crippen LogP contribution in [0.5, 0.6) is 0 Å². The number of anilines is 1. The van der Waals surface area contributed by atoms with Gasteiger partial charge < -0.3 is 0 Å². The average molecular weight is 400 g/mol. The van der Waals surface area contributed by atoms with Gasteiger partial charge in [0.25, 0.3) is 0 Å². The number of allylic oxidation sites excluding steroid dienone is 3. The number of aryl methyl sites for hydroxylation is 2. The van der Waals surface area contributed by atoms with Gasteiger partial charge in [-0.15, -0.1) is 0 Å². The number of benzene rings is 2. The average Bonchev–Trinajstić information content (AvgIpc) is 2.64. The molecule has 154 valence electrons. The van der Waals surface area contributed by atoms with E-state index in [4.69, 9.17) is 0 Å². The predicted molar refractivity (Wildman–Crippen MR) is 122 cm³/mol. The first-order valence-electron chi connectivity index (χ1n) is 10.6. The van der Waals surface area contributed by atoms with Gasteiger partial charge in [0.15, 0.2) is 5.78 Å². The SMILES string of the molecule is Cc1cc(C)cc(N2C(=O)CC(/C=C/c3ccccc3)C3=C2CC(C)(C)CC3=O)c1. The van der Waals surface area contributed by atoms with Crippen LogP contribution in [0.1, 0.15) is 49.8 Å². The number of nitrogens with zero attached hydrogens (tertiary/aromatic N) is 1. The van der Waals surface area contributed by atoms with Crippen LogP contribution in [-0.4, -0.2) is 11.7 Å². The Morgan fingerprint density at radius 2 is 1.63 bits per heavy atom. The lowest BCUT2D eigenvalue weighted by atomic mass is 9.70. The molecule has 30 heavy (non-hydrogen) atoms. The zero-order valence-electron chi connectivity index (χ0n) is 18.2. The Morgan fingerprint density at radius 3 is 2.30 bits per heavy atom. The fourth-order valence-corrected chi connectivity index (χ4v) is 4.79. The molecule has 1 aliphatic heterocycles. The van der Waals surface area contributed by atoms with E-state index in [-0.39, 0.29) is 23.0 Å². The highest BCUT2D eigenvalue weighted by Crippen LogP contribution is 2.45. The van der Waals surface area contributed by atoms with Gasteiger partial charge in [0.2, 0.25) is 5.91 Å². The summed E-state index contributed by atoms with van der Waals surface area (Å²) in [5.41, 5.74) is 5.74. The lowest BCUT2D eigenvalue weighted by Gasteiger charge is -2.42. The normalized spacial score (nSPS) is 21.3. The Morgan fingerprint density at radius 1 is 0.967 bits per heavy atom. The van der Waals surface area contributed by atoms with E-state index < -0.39 is 0 Å². The summed E-state index contributed by atoms with van der Waals surface area (Å²) in [6, 6.07) is 16.2. The number of hydrogen-bond donors (Lipinski definition) is 0. The quantitative estimate of drug-likeness (QED) is 0.633. The molecule has 0 spiro atoms. The zero-order valence-corrected chi connectivity index (χ0v) is 18.2. The standard InChI is InChI=1S/C27H29NO2/c1-18-12-19(2)14-22(13-18)28-23-16-27(3,4)17-24(29)26(23)21(15-25(28)30)11-10-20-8-6-5-7-9-20/h5-14,21H,15-17H2,1-4H3/b11-10+. The van der Waals surface area contributed by atoms with Gasteiger partial charge in [-0.1, -0.05) is 62.4 Å². The number of hydrogen-bond acceptors (Lipinski definition) is 2. The van der Waals surface area contributed by atoms with Crippen molar-refractivity contribution in [2.24, 2.45) is 11.3 Å².